The van der Waals surface area contributed by atoms with Gasteiger partial charge in [-0.25, -0.2) is 0 Å². The molecule has 0 saturated carbocycles. The first-order chi connectivity index (χ1) is 9.51. The lowest BCUT2D eigenvalue weighted by atomic mass is 9.84. The van der Waals surface area contributed by atoms with Gasteiger partial charge in [-0.05, 0) is 41.4 Å². The molecule has 0 fully saturated rings. The van der Waals surface area contributed by atoms with E-state index in [9.17, 15) is 5.26 Å². The van der Waals surface area contributed by atoms with Crippen molar-refractivity contribution in [2.24, 2.45) is 0 Å². The van der Waals surface area contributed by atoms with Crippen LogP contribution in [-0.2, 0) is 6.42 Å². The molecule has 0 aliphatic rings. The number of nitrogens with zero attached hydrogens (tertiary/aromatic N) is 2. The Morgan fingerprint density at radius 1 is 1.15 bits per heavy atom. The Balaban J connectivity index is 3.66. The molecular formula is C17H21BrN2. The van der Waals surface area contributed by atoms with E-state index >= 15 is 0 Å². The fraction of sp³-hybridized carbons (Fsp3) is 0.529. The number of hydrogen-bond acceptors (Lipinski definition) is 2. The van der Waals surface area contributed by atoms with Gasteiger partial charge in [-0.2, -0.15) is 10.5 Å². The lowest BCUT2D eigenvalue weighted by molar-refractivity contribution is 0.702. The largest absolute Gasteiger partial charge is 0.198 e. The highest BCUT2D eigenvalue weighted by molar-refractivity contribution is 9.10. The maximum Gasteiger partial charge on any atom is 0.0998 e. The highest BCUT2D eigenvalue weighted by atomic mass is 79.9. The molecule has 0 radical (unpaired) electrons. The third kappa shape index (κ3) is 3.22. The van der Waals surface area contributed by atoms with E-state index in [-0.39, 0.29) is 0 Å². The van der Waals surface area contributed by atoms with E-state index in [1.54, 1.807) is 0 Å². The van der Waals surface area contributed by atoms with Gasteiger partial charge in [0.15, 0.2) is 0 Å². The number of hydrogen-bond donors (Lipinski definition) is 0. The van der Waals surface area contributed by atoms with Crippen molar-refractivity contribution < 1.29 is 0 Å². The van der Waals surface area contributed by atoms with Gasteiger partial charge in [0.1, 0.15) is 0 Å². The molecule has 0 N–H and O–H groups in total. The van der Waals surface area contributed by atoms with Gasteiger partial charge in [0, 0.05) is 4.47 Å². The average molecular weight is 333 g/mol. The number of benzene rings is 1. The maximum atomic E-state index is 9.60. The Hall–Kier alpha value is -1.32. The van der Waals surface area contributed by atoms with E-state index in [0.717, 1.165) is 39.6 Å². The van der Waals surface area contributed by atoms with Crippen LogP contribution in [0.15, 0.2) is 10.5 Å². The first kappa shape index (κ1) is 16.7. The molecular weight excluding hydrogens is 312 g/mol. The molecule has 0 spiro atoms. The van der Waals surface area contributed by atoms with Crippen LogP contribution in [0.25, 0.3) is 0 Å². The number of rotatable bonds is 5. The fourth-order valence-corrected chi connectivity index (χ4v) is 3.22. The summed E-state index contributed by atoms with van der Waals surface area (Å²) in [6.45, 7) is 8.52. The SMILES string of the molecule is CCC(C)c1cc(CC#N)c(Br)c(C(C)CC)c1C#N. The van der Waals surface area contributed by atoms with Crippen LogP contribution in [0.3, 0.4) is 0 Å². The predicted octanol–water partition coefficient (Wildman–Crippen LogP) is 5.41. The van der Waals surface area contributed by atoms with Crippen molar-refractivity contribution in [3.63, 3.8) is 0 Å². The van der Waals surface area contributed by atoms with Gasteiger partial charge < -0.3 is 0 Å². The number of halogens is 1. The molecule has 0 heterocycles. The van der Waals surface area contributed by atoms with Crippen LogP contribution < -0.4 is 0 Å². The summed E-state index contributed by atoms with van der Waals surface area (Å²) in [5, 5.41) is 18.6. The monoisotopic (exact) mass is 332 g/mol. The minimum absolute atomic E-state index is 0.306. The zero-order chi connectivity index (χ0) is 15.3. The molecule has 0 saturated heterocycles. The smallest absolute Gasteiger partial charge is 0.0998 e. The second-order valence-electron chi connectivity index (χ2n) is 5.29. The lowest BCUT2D eigenvalue weighted by Gasteiger charge is -2.21. The summed E-state index contributed by atoms with van der Waals surface area (Å²) in [4.78, 5) is 0. The highest BCUT2D eigenvalue weighted by Crippen LogP contribution is 2.38. The van der Waals surface area contributed by atoms with Crippen molar-refractivity contribution in [1.29, 1.82) is 10.5 Å². The van der Waals surface area contributed by atoms with Gasteiger partial charge in [-0.15, -0.1) is 0 Å². The summed E-state index contributed by atoms with van der Waals surface area (Å²) >= 11 is 3.62. The second kappa shape index (κ2) is 7.46. The predicted molar refractivity (Wildman–Crippen MR) is 85.6 cm³/mol. The first-order valence-electron chi connectivity index (χ1n) is 7.13. The molecule has 20 heavy (non-hydrogen) atoms. The first-order valence-corrected chi connectivity index (χ1v) is 7.93. The van der Waals surface area contributed by atoms with Crippen molar-refractivity contribution in [3.05, 3.63) is 32.8 Å². The molecule has 1 rings (SSSR count). The Morgan fingerprint density at radius 3 is 2.20 bits per heavy atom. The van der Waals surface area contributed by atoms with Crippen LogP contribution >= 0.6 is 15.9 Å². The van der Waals surface area contributed by atoms with Crippen LogP contribution in [0.1, 0.15) is 74.6 Å². The van der Waals surface area contributed by atoms with E-state index in [4.69, 9.17) is 5.26 Å². The van der Waals surface area contributed by atoms with Crippen LogP contribution in [0.2, 0.25) is 0 Å². The summed E-state index contributed by atoms with van der Waals surface area (Å²) in [5.74, 6) is 0.637. The van der Waals surface area contributed by atoms with Crippen molar-refractivity contribution in [2.75, 3.05) is 0 Å². The molecule has 0 bridgehead atoms. The molecule has 0 aliphatic carbocycles. The van der Waals surface area contributed by atoms with Crippen LogP contribution in [0.4, 0.5) is 0 Å². The third-order valence-corrected chi connectivity index (χ3v) is 4.97. The molecule has 2 unspecified atom stereocenters. The number of nitriles is 2. The fourth-order valence-electron chi connectivity index (χ4n) is 2.38. The maximum absolute atomic E-state index is 9.60. The Bertz CT molecular complexity index is 564. The molecule has 3 heteroatoms. The van der Waals surface area contributed by atoms with Gasteiger partial charge in [0.2, 0.25) is 0 Å². The Labute approximate surface area is 130 Å². The zero-order valence-electron chi connectivity index (χ0n) is 12.6. The van der Waals surface area contributed by atoms with Crippen LogP contribution in [0.5, 0.6) is 0 Å². The minimum atomic E-state index is 0.306. The molecule has 1 aromatic carbocycles. The van der Waals surface area contributed by atoms with Gasteiger partial charge in [0.05, 0.1) is 24.1 Å². The van der Waals surface area contributed by atoms with Gasteiger partial charge in [0.25, 0.3) is 0 Å². The van der Waals surface area contributed by atoms with Crippen molar-refractivity contribution in [3.8, 4) is 12.1 Å². The normalized spacial score (nSPS) is 13.3. The summed E-state index contributed by atoms with van der Waals surface area (Å²) in [6.07, 6.45) is 2.34. The Kier molecular flexibility index (Phi) is 6.24. The van der Waals surface area contributed by atoms with Crippen molar-refractivity contribution in [2.45, 2.75) is 58.8 Å². The molecule has 2 nitrogen and oxygen atoms in total. The minimum Gasteiger partial charge on any atom is -0.198 e. The quantitative estimate of drug-likeness (QED) is 0.723. The van der Waals surface area contributed by atoms with Crippen LogP contribution in [-0.4, -0.2) is 0 Å². The summed E-state index contributed by atoms with van der Waals surface area (Å²) < 4.78 is 0.942. The lowest BCUT2D eigenvalue weighted by Crippen LogP contribution is -2.07. The molecule has 1 aromatic rings. The molecule has 0 aliphatic heterocycles. The summed E-state index contributed by atoms with van der Waals surface area (Å²) in [5.41, 5.74) is 3.94. The van der Waals surface area contributed by atoms with Crippen LogP contribution in [0, 0.1) is 22.7 Å². The second-order valence-corrected chi connectivity index (χ2v) is 6.09. The zero-order valence-corrected chi connectivity index (χ0v) is 14.2. The van der Waals surface area contributed by atoms with Crippen molar-refractivity contribution in [1.82, 2.24) is 0 Å². The van der Waals surface area contributed by atoms with E-state index in [1.807, 2.05) is 6.07 Å². The van der Waals surface area contributed by atoms with E-state index in [1.165, 1.54) is 0 Å². The van der Waals surface area contributed by atoms with Crippen molar-refractivity contribution >= 4 is 15.9 Å². The third-order valence-electron chi connectivity index (χ3n) is 4.04. The topological polar surface area (TPSA) is 47.6 Å². The molecule has 0 aromatic heterocycles. The van der Waals surface area contributed by atoms with Gasteiger partial charge >= 0.3 is 0 Å². The molecule has 106 valence electrons. The average Bonchev–Trinajstić information content (AvgIpc) is 2.47. The van der Waals surface area contributed by atoms with E-state index in [2.05, 4.69) is 55.8 Å². The standard InChI is InChI=1S/C17H21BrN2/c1-5-11(3)14-9-13(7-8-19)17(18)16(12(4)6-2)15(14)10-20/h9,11-12H,5-7H2,1-4H3. The Morgan fingerprint density at radius 2 is 1.75 bits per heavy atom. The molecule has 0 amide bonds. The summed E-state index contributed by atoms with van der Waals surface area (Å²) in [6, 6.07) is 6.64. The highest BCUT2D eigenvalue weighted by Gasteiger charge is 2.22. The van der Waals surface area contributed by atoms with E-state index in [0.29, 0.717) is 18.3 Å². The molecule has 2 atom stereocenters. The van der Waals surface area contributed by atoms with Gasteiger partial charge in [-0.3, -0.25) is 0 Å². The van der Waals surface area contributed by atoms with Gasteiger partial charge in [-0.1, -0.05) is 49.7 Å². The summed E-state index contributed by atoms with van der Waals surface area (Å²) in [7, 11) is 0. The van der Waals surface area contributed by atoms with E-state index < -0.39 is 0 Å².